The van der Waals surface area contributed by atoms with E-state index in [1.54, 1.807) is 0 Å². The van der Waals surface area contributed by atoms with Gasteiger partial charge in [0.1, 0.15) is 5.82 Å². The Bertz CT molecular complexity index is 569. The molecule has 0 aliphatic rings. The molecular weight excluding hydrogens is 236 g/mol. The van der Waals surface area contributed by atoms with Gasteiger partial charge in [-0.3, -0.25) is 0 Å². The van der Waals surface area contributed by atoms with E-state index in [9.17, 15) is 0 Å². The fraction of sp³-hybridized carbons (Fsp3) is 0.667. The quantitative estimate of drug-likeness (QED) is 0.837. The molecule has 2 aromatic rings. The lowest BCUT2D eigenvalue weighted by Gasteiger charge is -2.07. The summed E-state index contributed by atoms with van der Waals surface area (Å²) < 4.78 is 1.91. The lowest BCUT2D eigenvalue weighted by atomic mass is 10.0. The minimum Gasteiger partial charge on any atom is -0.235 e. The minimum absolute atomic E-state index is 0.351. The maximum atomic E-state index is 4.82. The summed E-state index contributed by atoms with van der Waals surface area (Å²) >= 11 is 0. The summed E-state index contributed by atoms with van der Waals surface area (Å²) in [6, 6.07) is 2.15. The average molecular weight is 260 g/mol. The maximum Gasteiger partial charge on any atom is 0.135 e. The zero-order valence-corrected chi connectivity index (χ0v) is 12.8. The largest absolute Gasteiger partial charge is 0.235 e. The van der Waals surface area contributed by atoms with Gasteiger partial charge in [0.15, 0.2) is 0 Å². The zero-order valence-electron chi connectivity index (χ0n) is 12.8. The number of hydrogen-bond acceptors (Lipinski definition) is 3. The third kappa shape index (κ3) is 2.48. The van der Waals surface area contributed by atoms with Gasteiger partial charge in [0.2, 0.25) is 0 Å². The highest BCUT2D eigenvalue weighted by Gasteiger charge is 2.19. The number of fused-ring (bicyclic) bond motifs is 1. The van der Waals surface area contributed by atoms with Crippen LogP contribution in [0.1, 0.15) is 82.9 Å². The number of aromatic nitrogens is 4. The molecule has 19 heavy (non-hydrogen) atoms. The van der Waals surface area contributed by atoms with Crippen LogP contribution >= 0.6 is 0 Å². The molecule has 0 saturated carbocycles. The maximum absolute atomic E-state index is 4.82. The van der Waals surface area contributed by atoms with Crippen LogP contribution in [0.25, 0.3) is 5.52 Å². The van der Waals surface area contributed by atoms with E-state index in [4.69, 9.17) is 4.98 Å². The number of imidazole rings is 1. The van der Waals surface area contributed by atoms with Crippen LogP contribution in [0.5, 0.6) is 0 Å². The Balaban J connectivity index is 2.69. The van der Waals surface area contributed by atoms with Crippen LogP contribution in [-0.2, 0) is 0 Å². The fourth-order valence-corrected chi connectivity index (χ4v) is 2.17. The van der Waals surface area contributed by atoms with Gasteiger partial charge >= 0.3 is 0 Å². The molecular formula is C15H24N4. The highest BCUT2D eigenvalue weighted by molar-refractivity contribution is 5.54. The molecule has 2 aromatic heterocycles. The van der Waals surface area contributed by atoms with Crippen LogP contribution in [0.15, 0.2) is 6.07 Å². The van der Waals surface area contributed by atoms with E-state index in [0.29, 0.717) is 17.8 Å². The van der Waals surface area contributed by atoms with E-state index in [-0.39, 0.29) is 0 Å². The molecule has 2 heterocycles. The Kier molecular flexibility index (Phi) is 3.88. The summed E-state index contributed by atoms with van der Waals surface area (Å²) in [6.45, 7) is 13.0. The molecule has 0 radical (unpaired) electrons. The SMILES string of the molecule is CCC(C)c1nc(C(C)C)n2nnc(C(C)C)cc12. The van der Waals surface area contributed by atoms with Gasteiger partial charge in [-0.1, -0.05) is 46.8 Å². The first-order valence-corrected chi connectivity index (χ1v) is 7.21. The molecule has 4 nitrogen and oxygen atoms in total. The van der Waals surface area contributed by atoms with Crippen molar-refractivity contribution in [3.05, 3.63) is 23.3 Å². The summed E-state index contributed by atoms with van der Waals surface area (Å²) in [6.07, 6.45) is 1.09. The molecule has 0 bridgehead atoms. The van der Waals surface area contributed by atoms with Crippen LogP contribution < -0.4 is 0 Å². The van der Waals surface area contributed by atoms with Crippen molar-refractivity contribution in [2.24, 2.45) is 0 Å². The van der Waals surface area contributed by atoms with Crippen LogP contribution in [0.4, 0.5) is 0 Å². The summed E-state index contributed by atoms with van der Waals surface area (Å²) in [5, 5.41) is 8.69. The topological polar surface area (TPSA) is 43.1 Å². The van der Waals surface area contributed by atoms with Gasteiger partial charge in [-0.05, 0) is 18.4 Å². The third-order valence-electron chi connectivity index (χ3n) is 3.66. The molecule has 1 atom stereocenters. The Morgan fingerprint density at radius 1 is 1.11 bits per heavy atom. The van der Waals surface area contributed by atoms with Crippen molar-refractivity contribution >= 4 is 5.52 Å². The van der Waals surface area contributed by atoms with E-state index in [1.807, 2.05) is 4.52 Å². The van der Waals surface area contributed by atoms with Gasteiger partial charge < -0.3 is 0 Å². The first-order chi connectivity index (χ1) is 8.95. The fourth-order valence-electron chi connectivity index (χ4n) is 2.17. The smallest absolute Gasteiger partial charge is 0.135 e. The molecule has 0 spiro atoms. The van der Waals surface area contributed by atoms with Gasteiger partial charge in [-0.2, -0.15) is 4.52 Å². The number of rotatable bonds is 4. The molecule has 0 saturated heterocycles. The Morgan fingerprint density at radius 2 is 1.79 bits per heavy atom. The van der Waals surface area contributed by atoms with Gasteiger partial charge in [-0.25, -0.2) is 4.98 Å². The van der Waals surface area contributed by atoms with Crippen molar-refractivity contribution in [3.63, 3.8) is 0 Å². The first kappa shape index (κ1) is 14.0. The highest BCUT2D eigenvalue weighted by atomic mass is 15.4. The summed E-state index contributed by atoms with van der Waals surface area (Å²) in [7, 11) is 0. The average Bonchev–Trinajstić information content (AvgIpc) is 2.76. The van der Waals surface area contributed by atoms with E-state index >= 15 is 0 Å². The first-order valence-electron chi connectivity index (χ1n) is 7.21. The van der Waals surface area contributed by atoms with Gasteiger partial charge in [-0.15, -0.1) is 5.10 Å². The lowest BCUT2D eigenvalue weighted by Crippen LogP contribution is -2.05. The number of nitrogens with zero attached hydrogens (tertiary/aromatic N) is 4. The van der Waals surface area contributed by atoms with Gasteiger partial charge in [0.25, 0.3) is 0 Å². The Morgan fingerprint density at radius 3 is 2.32 bits per heavy atom. The van der Waals surface area contributed by atoms with Crippen molar-refractivity contribution in [2.45, 2.75) is 65.7 Å². The summed E-state index contributed by atoms with van der Waals surface area (Å²) in [5.74, 6) is 2.20. The van der Waals surface area contributed by atoms with E-state index in [1.165, 1.54) is 0 Å². The standard InChI is InChI=1S/C15H24N4/c1-7-11(6)14-13-8-12(9(2)3)17-18-19(13)15(16-14)10(4)5/h8-11H,7H2,1-6H3. The second kappa shape index (κ2) is 5.27. The van der Waals surface area contributed by atoms with Crippen LogP contribution in [-0.4, -0.2) is 19.8 Å². The predicted octanol–water partition coefficient (Wildman–Crippen LogP) is 3.88. The zero-order chi connectivity index (χ0) is 14.2. The van der Waals surface area contributed by atoms with Crippen LogP contribution in [0, 0.1) is 0 Å². The summed E-state index contributed by atoms with van der Waals surface area (Å²) in [5.41, 5.74) is 3.31. The molecule has 0 aromatic carbocycles. The normalized spacial score (nSPS) is 13.7. The summed E-state index contributed by atoms with van der Waals surface area (Å²) in [4.78, 5) is 4.82. The number of hydrogen-bond donors (Lipinski definition) is 0. The Hall–Kier alpha value is -1.45. The molecule has 4 heteroatoms. The second-order valence-corrected chi connectivity index (χ2v) is 5.93. The Labute approximate surface area is 115 Å². The van der Waals surface area contributed by atoms with Crippen molar-refractivity contribution in [1.29, 1.82) is 0 Å². The second-order valence-electron chi connectivity index (χ2n) is 5.93. The molecule has 0 aliphatic carbocycles. The van der Waals surface area contributed by atoms with Crippen LogP contribution in [0.2, 0.25) is 0 Å². The van der Waals surface area contributed by atoms with E-state index in [0.717, 1.165) is 29.1 Å². The molecule has 2 rings (SSSR count). The molecule has 0 amide bonds. The minimum atomic E-state index is 0.351. The highest BCUT2D eigenvalue weighted by Crippen LogP contribution is 2.27. The van der Waals surface area contributed by atoms with Crippen molar-refractivity contribution in [2.75, 3.05) is 0 Å². The van der Waals surface area contributed by atoms with E-state index in [2.05, 4.69) is 57.9 Å². The molecule has 0 aliphatic heterocycles. The van der Waals surface area contributed by atoms with Crippen LogP contribution in [0.3, 0.4) is 0 Å². The van der Waals surface area contributed by atoms with Crippen molar-refractivity contribution < 1.29 is 0 Å². The monoisotopic (exact) mass is 260 g/mol. The third-order valence-corrected chi connectivity index (χ3v) is 3.66. The van der Waals surface area contributed by atoms with Crippen molar-refractivity contribution in [1.82, 2.24) is 19.8 Å². The van der Waals surface area contributed by atoms with Gasteiger partial charge in [0.05, 0.1) is 16.9 Å². The molecule has 104 valence electrons. The molecule has 1 unspecified atom stereocenters. The molecule has 0 fully saturated rings. The van der Waals surface area contributed by atoms with Gasteiger partial charge in [0, 0.05) is 11.8 Å². The van der Waals surface area contributed by atoms with Crippen molar-refractivity contribution in [3.8, 4) is 0 Å². The molecule has 0 N–H and O–H groups in total. The lowest BCUT2D eigenvalue weighted by molar-refractivity contribution is 0.663. The van der Waals surface area contributed by atoms with E-state index < -0.39 is 0 Å². The predicted molar refractivity (Wildman–Crippen MR) is 77.7 cm³/mol.